The Morgan fingerprint density at radius 3 is 2.86 bits per heavy atom. The monoisotopic (exact) mass is 196 g/mol. The minimum atomic E-state index is -0.0886. The summed E-state index contributed by atoms with van der Waals surface area (Å²) < 4.78 is 5.23. The van der Waals surface area contributed by atoms with Crippen LogP contribution in [-0.4, -0.2) is 12.1 Å². The van der Waals surface area contributed by atoms with Crippen molar-refractivity contribution in [3.63, 3.8) is 0 Å². The second-order valence-corrected chi connectivity index (χ2v) is 3.97. The van der Waals surface area contributed by atoms with Crippen molar-refractivity contribution in [1.29, 1.82) is 0 Å². The minimum absolute atomic E-state index is 0.0886. The standard InChI is InChI=1S/C12H20O2/c1-11-9-7-5-3-2-4-6-8-10-12(13)14-11/h6,8,11H,2-5,7,9-10H2,1H3/t11-/m1/s1. The fourth-order valence-corrected chi connectivity index (χ4v) is 1.68. The molecule has 1 rings (SSSR count). The fourth-order valence-electron chi connectivity index (χ4n) is 1.68. The van der Waals surface area contributed by atoms with Crippen LogP contribution >= 0.6 is 0 Å². The van der Waals surface area contributed by atoms with E-state index in [1.165, 1.54) is 25.7 Å². The number of hydrogen-bond acceptors (Lipinski definition) is 2. The third kappa shape index (κ3) is 5.05. The van der Waals surface area contributed by atoms with E-state index in [9.17, 15) is 4.79 Å². The van der Waals surface area contributed by atoms with Crippen LogP contribution < -0.4 is 0 Å². The van der Waals surface area contributed by atoms with Crippen LogP contribution in [0.25, 0.3) is 0 Å². The van der Waals surface area contributed by atoms with Crippen LogP contribution in [0, 0.1) is 0 Å². The lowest BCUT2D eigenvalue weighted by Gasteiger charge is -2.12. The molecule has 0 aromatic carbocycles. The predicted octanol–water partition coefficient (Wildman–Crippen LogP) is 3.22. The molecule has 0 radical (unpaired) electrons. The van der Waals surface area contributed by atoms with E-state index in [0.717, 1.165) is 12.8 Å². The van der Waals surface area contributed by atoms with Crippen molar-refractivity contribution >= 4 is 5.97 Å². The number of carbonyl (C=O) groups excluding carboxylic acids is 1. The van der Waals surface area contributed by atoms with Crippen LogP contribution in [0.1, 0.15) is 51.9 Å². The molecule has 1 aliphatic rings. The third-order valence-electron chi connectivity index (χ3n) is 2.52. The summed E-state index contributed by atoms with van der Waals surface area (Å²) in [5.41, 5.74) is 0. The Bertz CT molecular complexity index is 196. The van der Waals surface area contributed by atoms with Crippen molar-refractivity contribution in [1.82, 2.24) is 0 Å². The van der Waals surface area contributed by atoms with Gasteiger partial charge < -0.3 is 4.74 Å². The van der Waals surface area contributed by atoms with Gasteiger partial charge in [-0.3, -0.25) is 4.79 Å². The summed E-state index contributed by atoms with van der Waals surface area (Å²) in [6.45, 7) is 1.98. The summed E-state index contributed by atoms with van der Waals surface area (Å²) in [5.74, 6) is -0.0886. The van der Waals surface area contributed by atoms with Gasteiger partial charge in [-0.05, 0) is 32.6 Å². The van der Waals surface area contributed by atoms with Crippen LogP contribution in [0.15, 0.2) is 12.2 Å². The Kier molecular flexibility index (Phi) is 5.35. The summed E-state index contributed by atoms with van der Waals surface area (Å²) in [6.07, 6.45) is 11.6. The summed E-state index contributed by atoms with van der Waals surface area (Å²) in [5, 5.41) is 0. The van der Waals surface area contributed by atoms with Gasteiger partial charge in [-0.1, -0.05) is 25.0 Å². The lowest BCUT2D eigenvalue weighted by molar-refractivity contribution is -0.147. The van der Waals surface area contributed by atoms with Crippen molar-refractivity contribution in [2.75, 3.05) is 0 Å². The van der Waals surface area contributed by atoms with Gasteiger partial charge in [0.2, 0.25) is 0 Å². The SMILES string of the molecule is C[C@@H]1CCCCCCC=CCC(=O)O1. The first-order valence-electron chi connectivity index (χ1n) is 5.63. The number of carbonyl (C=O) groups is 1. The van der Waals surface area contributed by atoms with Gasteiger partial charge >= 0.3 is 5.97 Å². The van der Waals surface area contributed by atoms with Crippen LogP contribution in [-0.2, 0) is 9.53 Å². The summed E-state index contributed by atoms with van der Waals surface area (Å²) >= 11 is 0. The molecule has 1 atom stereocenters. The molecule has 0 aromatic heterocycles. The number of allylic oxidation sites excluding steroid dienone is 1. The summed E-state index contributed by atoms with van der Waals surface area (Å²) in [4.78, 5) is 11.2. The van der Waals surface area contributed by atoms with Gasteiger partial charge in [0.05, 0.1) is 12.5 Å². The molecule has 14 heavy (non-hydrogen) atoms. The fraction of sp³-hybridized carbons (Fsp3) is 0.750. The maximum absolute atomic E-state index is 11.2. The van der Waals surface area contributed by atoms with Crippen molar-refractivity contribution in [3.05, 3.63) is 12.2 Å². The zero-order chi connectivity index (χ0) is 10.2. The molecule has 2 nitrogen and oxygen atoms in total. The molecular formula is C12H20O2. The number of hydrogen-bond donors (Lipinski definition) is 0. The molecule has 0 saturated heterocycles. The predicted molar refractivity (Wildman–Crippen MR) is 57.0 cm³/mol. The quantitative estimate of drug-likeness (QED) is 0.439. The zero-order valence-electron chi connectivity index (χ0n) is 9.00. The number of esters is 1. The van der Waals surface area contributed by atoms with Crippen LogP contribution in [0.5, 0.6) is 0 Å². The molecule has 0 aliphatic carbocycles. The van der Waals surface area contributed by atoms with Crippen molar-refractivity contribution in [3.8, 4) is 0 Å². The van der Waals surface area contributed by atoms with E-state index in [1.807, 2.05) is 13.0 Å². The Hall–Kier alpha value is -0.790. The first-order valence-corrected chi connectivity index (χ1v) is 5.63. The molecule has 0 unspecified atom stereocenters. The first-order chi connectivity index (χ1) is 6.79. The van der Waals surface area contributed by atoms with Crippen LogP contribution in [0.3, 0.4) is 0 Å². The maximum Gasteiger partial charge on any atom is 0.309 e. The molecular weight excluding hydrogens is 176 g/mol. The normalized spacial score (nSPS) is 26.1. The molecule has 1 aliphatic heterocycles. The van der Waals surface area contributed by atoms with Crippen molar-refractivity contribution in [2.24, 2.45) is 0 Å². The molecule has 0 N–H and O–H groups in total. The molecule has 0 aromatic rings. The van der Waals surface area contributed by atoms with Gasteiger partial charge in [-0.15, -0.1) is 0 Å². The topological polar surface area (TPSA) is 26.3 Å². The largest absolute Gasteiger partial charge is 0.462 e. The first kappa shape index (κ1) is 11.3. The molecule has 0 spiro atoms. The van der Waals surface area contributed by atoms with E-state index in [4.69, 9.17) is 4.74 Å². The minimum Gasteiger partial charge on any atom is -0.462 e. The molecule has 0 bridgehead atoms. The van der Waals surface area contributed by atoms with Gasteiger partial charge in [0.15, 0.2) is 0 Å². The second kappa shape index (κ2) is 6.63. The van der Waals surface area contributed by atoms with Gasteiger partial charge in [0.1, 0.15) is 0 Å². The molecule has 0 saturated carbocycles. The summed E-state index contributed by atoms with van der Waals surface area (Å²) in [6, 6.07) is 0. The van der Waals surface area contributed by atoms with E-state index in [2.05, 4.69) is 6.08 Å². The lowest BCUT2D eigenvalue weighted by atomic mass is 10.1. The molecule has 1 heterocycles. The highest BCUT2D eigenvalue weighted by Gasteiger charge is 2.07. The highest BCUT2D eigenvalue weighted by Crippen LogP contribution is 2.11. The van der Waals surface area contributed by atoms with E-state index >= 15 is 0 Å². The van der Waals surface area contributed by atoms with E-state index in [1.54, 1.807) is 0 Å². The van der Waals surface area contributed by atoms with Crippen LogP contribution in [0.4, 0.5) is 0 Å². The Labute approximate surface area is 86.3 Å². The third-order valence-corrected chi connectivity index (χ3v) is 2.52. The zero-order valence-corrected chi connectivity index (χ0v) is 9.00. The highest BCUT2D eigenvalue weighted by atomic mass is 16.5. The average Bonchev–Trinajstić information content (AvgIpc) is 2.13. The van der Waals surface area contributed by atoms with Crippen molar-refractivity contribution in [2.45, 2.75) is 58.0 Å². The van der Waals surface area contributed by atoms with E-state index < -0.39 is 0 Å². The lowest BCUT2D eigenvalue weighted by Crippen LogP contribution is -2.14. The highest BCUT2D eigenvalue weighted by molar-refractivity contribution is 5.71. The summed E-state index contributed by atoms with van der Waals surface area (Å²) in [7, 11) is 0. The number of ether oxygens (including phenoxy) is 1. The Balaban J connectivity index is 2.36. The van der Waals surface area contributed by atoms with Gasteiger partial charge in [0.25, 0.3) is 0 Å². The number of cyclic esters (lactones) is 1. The molecule has 80 valence electrons. The Morgan fingerprint density at radius 2 is 2.00 bits per heavy atom. The number of rotatable bonds is 0. The van der Waals surface area contributed by atoms with Gasteiger partial charge in [-0.25, -0.2) is 0 Å². The molecule has 0 amide bonds. The maximum atomic E-state index is 11.2. The van der Waals surface area contributed by atoms with Gasteiger partial charge in [-0.2, -0.15) is 0 Å². The molecule has 2 heteroatoms. The average molecular weight is 196 g/mol. The molecule has 0 fully saturated rings. The van der Waals surface area contributed by atoms with Crippen molar-refractivity contribution < 1.29 is 9.53 Å². The smallest absolute Gasteiger partial charge is 0.309 e. The van der Waals surface area contributed by atoms with Gasteiger partial charge in [0, 0.05) is 0 Å². The Morgan fingerprint density at radius 1 is 1.21 bits per heavy atom. The van der Waals surface area contributed by atoms with E-state index in [0.29, 0.717) is 6.42 Å². The van der Waals surface area contributed by atoms with Crippen LogP contribution in [0.2, 0.25) is 0 Å². The van der Waals surface area contributed by atoms with E-state index in [-0.39, 0.29) is 12.1 Å². The second-order valence-electron chi connectivity index (χ2n) is 3.97.